The molecular weight excluding hydrogens is 310 g/mol. The molecule has 3 rings (SSSR count). The van der Waals surface area contributed by atoms with Crippen molar-refractivity contribution < 1.29 is 4.79 Å². The highest BCUT2D eigenvalue weighted by Crippen LogP contribution is 2.25. The van der Waals surface area contributed by atoms with Crippen molar-refractivity contribution in [3.63, 3.8) is 0 Å². The first-order valence-electron chi connectivity index (χ1n) is 8.02. The van der Waals surface area contributed by atoms with Crippen molar-refractivity contribution in [2.24, 2.45) is 0 Å². The van der Waals surface area contributed by atoms with Crippen LogP contribution in [-0.4, -0.2) is 47.3 Å². The standard InChI is InChI=1S/C18H22ClN3O/c1-12-5-4-6-15-13(2)11-16(20-17(12)15)21-7-9-22(10-8-21)18(23)14(3)19/h4-6,11,14H,7-10H2,1-3H3. The molecule has 0 saturated carbocycles. The number of carbonyl (C=O) groups excluding carboxylic acids is 1. The Morgan fingerprint density at radius 3 is 2.52 bits per heavy atom. The van der Waals surface area contributed by atoms with E-state index in [2.05, 4.69) is 43.0 Å². The molecule has 1 amide bonds. The fourth-order valence-electron chi connectivity index (χ4n) is 3.11. The van der Waals surface area contributed by atoms with Gasteiger partial charge in [-0.2, -0.15) is 0 Å². The number of amides is 1. The number of aromatic nitrogens is 1. The van der Waals surface area contributed by atoms with Crippen LogP contribution < -0.4 is 4.90 Å². The molecular formula is C18H22ClN3O. The molecule has 0 spiro atoms. The van der Waals surface area contributed by atoms with Crippen LogP contribution in [0.15, 0.2) is 24.3 Å². The number of carbonyl (C=O) groups is 1. The minimum atomic E-state index is -0.453. The average Bonchev–Trinajstić information content (AvgIpc) is 2.55. The molecule has 122 valence electrons. The third kappa shape index (κ3) is 3.13. The first-order valence-corrected chi connectivity index (χ1v) is 8.46. The van der Waals surface area contributed by atoms with Gasteiger partial charge in [-0.1, -0.05) is 18.2 Å². The number of halogens is 1. The number of anilines is 1. The predicted molar refractivity (Wildman–Crippen MR) is 95.3 cm³/mol. The van der Waals surface area contributed by atoms with Crippen molar-refractivity contribution in [2.75, 3.05) is 31.1 Å². The monoisotopic (exact) mass is 331 g/mol. The fourth-order valence-corrected chi connectivity index (χ4v) is 3.25. The van der Waals surface area contributed by atoms with Gasteiger partial charge in [-0.3, -0.25) is 4.79 Å². The highest BCUT2D eigenvalue weighted by molar-refractivity contribution is 6.30. The molecule has 1 fully saturated rings. The highest BCUT2D eigenvalue weighted by atomic mass is 35.5. The molecule has 1 atom stereocenters. The van der Waals surface area contributed by atoms with Gasteiger partial charge in [-0.05, 0) is 38.0 Å². The van der Waals surface area contributed by atoms with Crippen LogP contribution in [0.2, 0.25) is 0 Å². The Hall–Kier alpha value is -1.81. The first kappa shape index (κ1) is 16.1. The fraction of sp³-hybridized carbons (Fsp3) is 0.444. The number of piperazine rings is 1. The zero-order valence-corrected chi connectivity index (χ0v) is 14.6. The molecule has 5 heteroatoms. The van der Waals surface area contributed by atoms with Gasteiger partial charge in [0.25, 0.3) is 0 Å². The van der Waals surface area contributed by atoms with Gasteiger partial charge in [0, 0.05) is 31.6 Å². The minimum Gasteiger partial charge on any atom is -0.353 e. The molecule has 0 bridgehead atoms. The Morgan fingerprint density at radius 1 is 1.17 bits per heavy atom. The first-order chi connectivity index (χ1) is 11.0. The van der Waals surface area contributed by atoms with Crippen LogP contribution in [0.3, 0.4) is 0 Å². The quantitative estimate of drug-likeness (QED) is 0.793. The van der Waals surface area contributed by atoms with Crippen molar-refractivity contribution in [3.8, 4) is 0 Å². The molecule has 2 aromatic rings. The summed E-state index contributed by atoms with van der Waals surface area (Å²) in [5.74, 6) is 1.01. The Balaban J connectivity index is 1.83. The van der Waals surface area contributed by atoms with Crippen molar-refractivity contribution in [3.05, 3.63) is 35.4 Å². The molecule has 1 unspecified atom stereocenters. The van der Waals surface area contributed by atoms with Gasteiger partial charge in [0.1, 0.15) is 11.2 Å². The largest absolute Gasteiger partial charge is 0.353 e. The van der Waals surface area contributed by atoms with Gasteiger partial charge in [0.2, 0.25) is 5.91 Å². The van der Waals surface area contributed by atoms with Crippen LogP contribution >= 0.6 is 11.6 Å². The Kier molecular flexibility index (Phi) is 4.44. The smallest absolute Gasteiger partial charge is 0.240 e. The molecule has 1 aliphatic rings. The summed E-state index contributed by atoms with van der Waals surface area (Å²) in [6.45, 7) is 8.93. The van der Waals surface area contributed by atoms with E-state index in [1.165, 1.54) is 16.5 Å². The van der Waals surface area contributed by atoms with E-state index in [1.54, 1.807) is 6.92 Å². The second kappa shape index (κ2) is 6.36. The second-order valence-electron chi connectivity index (χ2n) is 6.20. The lowest BCUT2D eigenvalue weighted by molar-refractivity contribution is -0.130. The van der Waals surface area contributed by atoms with Crippen LogP contribution in [0.4, 0.5) is 5.82 Å². The summed E-state index contributed by atoms with van der Waals surface area (Å²) in [5.41, 5.74) is 3.49. The highest BCUT2D eigenvalue weighted by Gasteiger charge is 2.24. The molecule has 0 aliphatic carbocycles. The molecule has 1 aromatic heterocycles. The lowest BCUT2D eigenvalue weighted by atomic mass is 10.1. The Morgan fingerprint density at radius 2 is 1.87 bits per heavy atom. The van der Waals surface area contributed by atoms with Crippen molar-refractivity contribution >= 4 is 34.2 Å². The van der Waals surface area contributed by atoms with Crippen LogP contribution in [0.5, 0.6) is 0 Å². The summed E-state index contributed by atoms with van der Waals surface area (Å²) in [7, 11) is 0. The van der Waals surface area contributed by atoms with Gasteiger partial charge >= 0.3 is 0 Å². The second-order valence-corrected chi connectivity index (χ2v) is 6.85. The van der Waals surface area contributed by atoms with Gasteiger partial charge < -0.3 is 9.80 Å². The molecule has 2 heterocycles. The zero-order valence-electron chi connectivity index (χ0n) is 13.8. The summed E-state index contributed by atoms with van der Waals surface area (Å²) in [4.78, 5) is 20.9. The topological polar surface area (TPSA) is 36.4 Å². The number of nitrogens with zero attached hydrogens (tertiary/aromatic N) is 3. The maximum Gasteiger partial charge on any atom is 0.240 e. The van der Waals surface area contributed by atoms with E-state index in [4.69, 9.17) is 16.6 Å². The van der Waals surface area contributed by atoms with Crippen molar-refractivity contribution in [1.82, 2.24) is 9.88 Å². The van der Waals surface area contributed by atoms with E-state index in [0.29, 0.717) is 13.1 Å². The molecule has 1 saturated heterocycles. The number of alkyl halides is 1. The molecule has 0 radical (unpaired) electrons. The van der Waals surface area contributed by atoms with Crippen LogP contribution in [0.1, 0.15) is 18.1 Å². The number of rotatable bonds is 2. The number of pyridine rings is 1. The molecule has 1 aromatic carbocycles. The molecule has 4 nitrogen and oxygen atoms in total. The number of para-hydroxylation sites is 1. The lowest BCUT2D eigenvalue weighted by Gasteiger charge is -2.36. The van der Waals surface area contributed by atoms with E-state index < -0.39 is 5.38 Å². The van der Waals surface area contributed by atoms with E-state index in [0.717, 1.165) is 24.4 Å². The molecule has 0 N–H and O–H groups in total. The molecule has 1 aliphatic heterocycles. The van der Waals surface area contributed by atoms with Crippen LogP contribution in [-0.2, 0) is 4.79 Å². The SMILES string of the molecule is Cc1cc(N2CCN(C(=O)C(C)Cl)CC2)nc2c(C)cccc12. The normalized spacial score (nSPS) is 16.7. The maximum atomic E-state index is 12.0. The van der Waals surface area contributed by atoms with E-state index in [-0.39, 0.29) is 5.91 Å². The summed E-state index contributed by atoms with van der Waals surface area (Å²) in [6.07, 6.45) is 0. The van der Waals surface area contributed by atoms with Crippen molar-refractivity contribution in [1.29, 1.82) is 0 Å². The Labute approximate surface area is 142 Å². The maximum absolute atomic E-state index is 12.0. The summed E-state index contributed by atoms with van der Waals surface area (Å²) < 4.78 is 0. The minimum absolute atomic E-state index is 0.0183. The third-order valence-corrected chi connectivity index (χ3v) is 4.68. The summed E-state index contributed by atoms with van der Waals surface area (Å²) in [5, 5.41) is 0.753. The average molecular weight is 332 g/mol. The third-order valence-electron chi connectivity index (χ3n) is 4.49. The van der Waals surface area contributed by atoms with Crippen molar-refractivity contribution in [2.45, 2.75) is 26.1 Å². The number of hydrogen-bond acceptors (Lipinski definition) is 3. The number of benzene rings is 1. The van der Waals surface area contributed by atoms with Gasteiger partial charge in [0.05, 0.1) is 5.52 Å². The number of hydrogen-bond donors (Lipinski definition) is 0. The Bertz CT molecular complexity index is 736. The summed E-state index contributed by atoms with van der Waals surface area (Å²) >= 11 is 5.90. The van der Waals surface area contributed by atoms with Crippen LogP contribution in [0.25, 0.3) is 10.9 Å². The predicted octanol–water partition coefficient (Wildman–Crippen LogP) is 3.13. The van der Waals surface area contributed by atoms with E-state index in [9.17, 15) is 4.79 Å². The van der Waals surface area contributed by atoms with Gasteiger partial charge in [-0.25, -0.2) is 4.98 Å². The number of fused-ring (bicyclic) bond motifs is 1. The zero-order chi connectivity index (χ0) is 16.6. The van der Waals surface area contributed by atoms with Crippen LogP contribution in [0, 0.1) is 13.8 Å². The van der Waals surface area contributed by atoms with Gasteiger partial charge in [-0.15, -0.1) is 11.6 Å². The molecule has 23 heavy (non-hydrogen) atoms. The number of aryl methyl sites for hydroxylation is 2. The van der Waals surface area contributed by atoms with E-state index in [1.807, 2.05) is 4.90 Å². The summed E-state index contributed by atoms with van der Waals surface area (Å²) in [6, 6.07) is 8.43. The van der Waals surface area contributed by atoms with E-state index >= 15 is 0 Å². The van der Waals surface area contributed by atoms with Gasteiger partial charge in [0.15, 0.2) is 0 Å². The lowest BCUT2D eigenvalue weighted by Crippen LogP contribution is -2.50.